The average molecular weight is 352 g/mol. The lowest BCUT2D eigenvalue weighted by Crippen LogP contribution is -2.24. The maximum absolute atomic E-state index is 11.5. The second-order valence-electron chi connectivity index (χ2n) is 4.67. The summed E-state index contributed by atoms with van der Waals surface area (Å²) >= 11 is 11.7. The van der Waals surface area contributed by atoms with Crippen LogP contribution in [0.5, 0.6) is 5.75 Å². The van der Waals surface area contributed by atoms with E-state index >= 15 is 0 Å². The number of halogens is 2. The third-order valence-corrected chi connectivity index (χ3v) is 3.44. The van der Waals surface area contributed by atoms with E-state index in [9.17, 15) is 9.90 Å². The number of carbonyl (C=O) groups excluding carboxylic acids is 1. The molecule has 0 saturated carbocycles. The van der Waals surface area contributed by atoms with Gasteiger partial charge in [0.25, 0.3) is 0 Å². The Morgan fingerprint density at radius 2 is 1.96 bits per heavy atom. The van der Waals surface area contributed by atoms with Gasteiger partial charge in [-0.15, -0.1) is 0 Å². The van der Waals surface area contributed by atoms with Gasteiger partial charge in [0.15, 0.2) is 0 Å². The van der Waals surface area contributed by atoms with Crippen molar-refractivity contribution in [3.8, 4) is 5.75 Å². The van der Waals surface area contributed by atoms with Crippen molar-refractivity contribution in [2.75, 3.05) is 6.54 Å². The number of ether oxygens (including phenoxy) is 1. The average Bonchev–Trinajstić information content (AvgIpc) is 2.54. The molecular formula is C17H15Cl2NO3. The molecule has 0 heterocycles. The monoisotopic (exact) mass is 351 g/mol. The van der Waals surface area contributed by atoms with Crippen LogP contribution >= 0.6 is 23.2 Å². The van der Waals surface area contributed by atoms with Gasteiger partial charge in [-0.3, -0.25) is 0 Å². The molecule has 23 heavy (non-hydrogen) atoms. The van der Waals surface area contributed by atoms with Crippen molar-refractivity contribution in [3.05, 3.63) is 69.7 Å². The zero-order chi connectivity index (χ0) is 16.7. The van der Waals surface area contributed by atoms with Crippen LogP contribution in [0.3, 0.4) is 0 Å². The number of aromatic hydroxyl groups is 1. The van der Waals surface area contributed by atoms with E-state index in [2.05, 4.69) is 5.32 Å². The van der Waals surface area contributed by atoms with Gasteiger partial charge in [-0.2, -0.15) is 0 Å². The van der Waals surface area contributed by atoms with Crippen LogP contribution in [0, 0.1) is 0 Å². The Morgan fingerprint density at radius 1 is 1.22 bits per heavy atom. The summed E-state index contributed by atoms with van der Waals surface area (Å²) in [4.78, 5) is 11.5. The molecule has 0 aliphatic heterocycles. The molecule has 0 saturated heterocycles. The summed E-state index contributed by atoms with van der Waals surface area (Å²) < 4.78 is 5.07. The summed E-state index contributed by atoms with van der Waals surface area (Å²) in [5.74, 6) is -0.0565. The number of alkyl carbamates (subject to hydrolysis) is 1. The number of hydrogen-bond acceptors (Lipinski definition) is 3. The van der Waals surface area contributed by atoms with Crippen molar-refractivity contribution in [2.24, 2.45) is 0 Å². The standard InChI is InChI=1S/C17H15Cl2NO3/c18-14-9-13(16(21)15(19)10-14)7-4-8-20-17(22)23-11-12-5-2-1-3-6-12/h1-7,9-10,21H,8,11H2,(H,20,22). The van der Waals surface area contributed by atoms with Gasteiger partial charge in [0.1, 0.15) is 12.4 Å². The number of amides is 1. The fourth-order valence-electron chi connectivity index (χ4n) is 1.82. The Labute approximate surface area is 144 Å². The first-order valence-electron chi connectivity index (χ1n) is 6.85. The fraction of sp³-hybridized carbons (Fsp3) is 0.118. The maximum atomic E-state index is 11.5. The van der Waals surface area contributed by atoms with E-state index in [1.54, 1.807) is 18.2 Å². The Bertz CT molecular complexity index is 702. The predicted molar refractivity (Wildman–Crippen MR) is 91.8 cm³/mol. The van der Waals surface area contributed by atoms with Gasteiger partial charge >= 0.3 is 6.09 Å². The molecule has 0 radical (unpaired) electrons. The molecule has 0 aliphatic carbocycles. The Hall–Kier alpha value is -2.17. The van der Waals surface area contributed by atoms with Crippen molar-refractivity contribution in [1.29, 1.82) is 0 Å². The molecule has 0 aliphatic rings. The van der Waals surface area contributed by atoms with Gasteiger partial charge in [0.05, 0.1) is 5.02 Å². The minimum absolute atomic E-state index is 0.0565. The number of carbonyl (C=O) groups is 1. The summed E-state index contributed by atoms with van der Waals surface area (Å²) in [6.07, 6.45) is 2.75. The maximum Gasteiger partial charge on any atom is 0.407 e. The second-order valence-corrected chi connectivity index (χ2v) is 5.51. The highest BCUT2D eigenvalue weighted by molar-refractivity contribution is 6.35. The fourth-order valence-corrected chi connectivity index (χ4v) is 2.32. The van der Waals surface area contributed by atoms with E-state index in [-0.39, 0.29) is 23.9 Å². The molecule has 2 aromatic rings. The third-order valence-electron chi connectivity index (χ3n) is 2.93. The Balaban J connectivity index is 1.79. The zero-order valence-electron chi connectivity index (χ0n) is 12.1. The number of hydrogen-bond donors (Lipinski definition) is 2. The van der Waals surface area contributed by atoms with Crippen molar-refractivity contribution >= 4 is 35.4 Å². The number of nitrogens with one attached hydrogen (secondary N) is 1. The number of phenols is 1. The molecule has 0 unspecified atom stereocenters. The van der Waals surface area contributed by atoms with E-state index in [1.807, 2.05) is 30.3 Å². The molecular weight excluding hydrogens is 337 g/mol. The van der Waals surface area contributed by atoms with Crippen molar-refractivity contribution in [3.63, 3.8) is 0 Å². The molecule has 0 fully saturated rings. The molecule has 0 atom stereocenters. The van der Waals surface area contributed by atoms with Crippen LogP contribution in [0.15, 0.2) is 48.5 Å². The quantitative estimate of drug-likeness (QED) is 0.824. The lowest BCUT2D eigenvalue weighted by atomic mass is 10.2. The molecule has 0 spiro atoms. The molecule has 6 heteroatoms. The minimum Gasteiger partial charge on any atom is -0.506 e. The lowest BCUT2D eigenvalue weighted by molar-refractivity contribution is 0.141. The highest BCUT2D eigenvalue weighted by atomic mass is 35.5. The highest BCUT2D eigenvalue weighted by Gasteiger charge is 2.05. The van der Waals surface area contributed by atoms with Crippen LogP contribution in [0.25, 0.3) is 6.08 Å². The predicted octanol–water partition coefficient (Wildman–Crippen LogP) is 4.64. The molecule has 0 aromatic heterocycles. The first-order chi connectivity index (χ1) is 11.1. The van der Waals surface area contributed by atoms with Gasteiger partial charge in [-0.25, -0.2) is 4.79 Å². The Kier molecular flexibility index (Phi) is 6.32. The molecule has 1 amide bonds. The molecule has 2 rings (SSSR count). The largest absolute Gasteiger partial charge is 0.506 e. The van der Waals surface area contributed by atoms with Crippen LogP contribution in [0.4, 0.5) is 4.79 Å². The van der Waals surface area contributed by atoms with E-state index in [0.29, 0.717) is 10.6 Å². The first-order valence-corrected chi connectivity index (χ1v) is 7.61. The molecule has 2 N–H and O–H groups in total. The van der Waals surface area contributed by atoms with Crippen LogP contribution in [0.1, 0.15) is 11.1 Å². The summed E-state index contributed by atoms with van der Waals surface area (Å²) in [5, 5.41) is 13.0. The molecule has 4 nitrogen and oxygen atoms in total. The minimum atomic E-state index is -0.521. The van der Waals surface area contributed by atoms with Gasteiger partial charge in [-0.1, -0.05) is 65.7 Å². The molecule has 120 valence electrons. The normalized spacial score (nSPS) is 10.7. The third kappa shape index (κ3) is 5.51. The summed E-state index contributed by atoms with van der Waals surface area (Å²) in [7, 11) is 0. The van der Waals surface area contributed by atoms with Crippen molar-refractivity contribution in [2.45, 2.75) is 6.61 Å². The van der Waals surface area contributed by atoms with Crippen molar-refractivity contribution < 1.29 is 14.6 Å². The Morgan fingerprint density at radius 3 is 2.70 bits per heavy atom. The summed E-state index contributed by atoms with van der Waals surface area (Å²) in [6.45, 7) is 0.457. The zero-order valence-corrected chi connectivity index (χ0v) is 13.6. The van der Waals surface area contributed by atoms with Gasteiger partial charge in [0, 0.05) is 17.1 Å². The van der Waals surface area contributed by atoms with E-state index in [1.165, 1.54) is 6.07 Å². The lowest BCUT2D eigenvalue weighted by Gasteiger charge is -2.05. The molecule has 2 aromatic carbocycles. The van der Waals surface area contributed by atoms with Crippen LogP contribution in [-0.4, -0.2) is 17.7 Å². The van der Waals surface area contributed by atoms with Crippen molar-refractivity contribution in [1.82, 2.24) is 5.32 Å². The smallest absolute Gasteiger partial charge is 0.407 e. The van der Waals surface area contributed by atoms with Gasteiger partial charge in [0.2, 0.25) is 0 Å². The van der Waals surface area contributed by atoms with E-state index < -0.39 is 6.09 Å². The number of benzene rings is 2. The van der Waals surface area contributed by atoms with E-state index in [0.717, 1.165) is 5.56 Å². The molecule has 0 bridgehead atoms. The first kappa shape index (κ1) is 17.2. The topological polar surface area (TPSA) is 58.6 Å². The van der Waals surface area contributed by atoms with Gasteiger partial charge < -0.3 is 15.2 Å². The van der Waals surface area contributed by atoms with Gasteiger partial charge in [-0.05, 0) is 17.7 Å². The van der Waals surface area contributed by atoms with Crippen LogP contribution in [0.2, 0.25) is 10.0 Å². The summed E-state index contributed by atoms with van der Waals surface area (Å²) in [6, 6.07) is 12.4. The van der Waals surface area contributed by atoms with E-state index in [4.69, 9.17) is 27.9 Å². The number of phenolic OH excluding ortho intramolecular Hbond substituents is 1. The van der Waals surface area contributed by atoms with Crippen LogP contribution < -0.4 is 5.32 Å². The number of rotatable bonds is 5. The highest BCUT2D eigenvalue weighted by Crippen LogP contribution is 2.31. The SMILES string of the molecule is O=C(NCC=Cc1cc(Cl)cc(Cl)c1O)OCc1ccccc1. The van der Waals surface area contributed by atoms with Crippen LogP contribution in [-0.2, 0) is 11.3 Å². The second kappa shape index (κ2) is 8.46. The summed E-state index contributed by atoms with van der Waals surface area (Å²) in [5.41, 5.74) is 1.39.